The fourth-order valence-corrected chi connectivity index (χ4v) is 2.09. The highest BCUT2D eigenvalue weighted by Gasteiger charge is 2.08. The lowest BCUT2D eigenvalue weighted by atomic mass is 10.2. The highest BCUT2D eigenvalue weighted by atomic mass is 79.9. The van der Waals surface area contributed by atoms with Gasteiger partial charge < -0.3 is 15.4 Å². The molecule has 110 valence electrons. The molecule has 2 N–H and O–H groups in total. The first kappa shape index (κ1) is 15.5. The lowest BCUT2D eigenvalue weighted by molar-refractivity contribution is 0.0932. The van der Waals surface area contributed by atoms with Crippen molar-refractivity contribution < 1.29 is 9.53 Å². The fourth-order valence-electron chi connectivity index (χ4n) is 1.71. The average molecular weight is 350 g/mol. The van der Waals surface area contributed by atoms with E-state index in [2.05, 4.69) is 31.5 Å². The van der Waals surface area contributed by atoms with Crippen molar-refractivity contribution in [1.82, 2.24) is 10.3 Å². The van der Waals surface area contributed by atoms with Gasteiger partial charge in [0.25, 0.3) is 5.91 Å². The molecule has 6 heteroatoms. The number of nitrogens with one attached hydrogen (secondary N) is 2. The second-order valence-electron chi connectivity index (χ2n) is 4.28. The summed E-state index contributed by atoms with van der Waals surface area (Å²) in [5.74, 6) is -0.220. The molecule has 0 bridgehead atoms. The van der Waals surface area contributed by atoms with Crippen molar-refractivity contribution in [3.05, 3.63) is 52.8 Å². The molecule has 1 heterocycles. The largest absolute Gasteiger partial charge is 0.383 e. The Labute approximate surface area is 131 Å². The number of amides is 1. The molecule has 0 fully saturated rings. The van der Waals surface area contributed by atoms with E-state index in [9.17, 15) is 4.79 Å². The number of aromatic nitrogens is 1. The molecule has 1 aromatic heterocycles. The first-order valence-electron chi connectivity index (χ1n) is 6.45. The van der Waals surface area contributed by atoms with Crippen molar-refractivity contribution in [2.45, 2.75) is 0 Å². The van der Waals surface area contributed by atoms with Crippen LogP contribution >= 0.6 is 15.9 Å². The van der Waals surface area contributed by atoms with E-state index in [1.807, 2.05) is 30.3 Å². The number of ether oxygens (including phenoxy) is 1. The molecule has 1 amide bonds. The molecule has 0 saturated heterocycles. The lowest BCUT2D eigenvalue weighted by Crippen LogP contribution is -2.27. The summed E-state index contributed by atoms with van der Waals surface area (Å²) >= 11 is 3.47. The molecule has 0 aliphatic rings. The van der Waals surface area contributed by atoms with E-state index in [1.165, 1.54) is 0 Å². The van der Waals surface area contributed by atoms with Gasteiger partial charge in [0.05, 0.1) is 12.3 Å². The molecule has 0 aliphatic heterocycles. The highest BCUT2D eigenvalue weighted by molar-refractivity contribution is 9.10. The van der Waals surface area contributed by atoms with Crippen molar-refractivity contribution in [1.29, 1.82) is 0 Å². The van der Waals surface area contributed by atoms with Gasteiger partial charge in [-0.3, -0.25) is 9.78 Å². The van der Waals surface area contributed by atoms with E-state index in [4.69, 9.17) is 4.74 Å². The third kappa shape index (κ3) is 4.54. The van der Waals surface area contributed by atoms with Crippen LogP contribution in [0, 0.1) is 0 Å². The van der Waals surface area contributed by atoms with Crippen LogP contribution in [-0.4, -0.2) is 31.2 Å². The number of carbonyl (C=O) groups is 1. The van der Waals surface area contributed by atoms with Crippen LogP contribution in [0.25, 0.3) is 0 Å². The van der Waals surface area contributed by atoms with Gasteiger partial charge in [-0.1, -0.05) is 12.1 Å². The molecule has 0 aliphatic carbocycles. The molecule has 5 nitrogen and oxygen atoms in total. The van der Waals surface area contributed by atoms with Crippen molar-refractivity contribution >= 4 is 33.2 Å². The third-order valence-corrected chi connectivity index (χ3v) is 3.43. The normalized spacial score (nSPS) is 10.2. The minimum atomic E-state index is -0.220. The Bertz CT molecular complexity index is 619. The number of nitrogens with zero attached hydrogens (tertiary/aromatic N) is 1. The van der Waals surface area contributed by atoms with E-state index >= 15 is 0 Å². The van der Waals surface area contributed by atoms with Gasteiger partial charge in [0, 0.05) is 30.0 Å². The minimum Gasteiger partial charge on any atom is -0.383 e. The second-order valence-corrected chi connectivity index (χ2v) is 5.14. The summed E-state index contributed by atoms with van der Waals surface area (Å²) in [7, 11) is 1.59. The first-order valence-corrected chi connectivity index (χ1v) is 7.25. The van der Waals surface area contributed by atoms with Crippen molar-refractivity contribution in [3.8, 4) is 0 Å². The Morgan fingerprint density at radius 1 is 1.33 bits per heavy atom. The summed E-state index contributed by atoms with van der Waals surface area (Å²) in [6.07, 6.45) is 1.60. The van der Waals surface area contributed by atoms with Crippen molar-refractivity contribution in [2.24, 2.45) is 0 Å². The summed E-state index contributed by atoms with van der Waals surface area (Å²) in [6, 6.07) is 11.3. The van der Waals surface area contributed by atoms with Crippen LogP contribution in [0.3, 0.4) is 0 Å². The summed E-state index contributed by atoms with van der Waals surface area (Å²) in [5, 5.41) is 5.98. The van der Waals surface area contributed by atoms with Crippen molar-refractivity contribution in [2.75, 3.05) is 25.6 Å². The third-order valence-electron chi connectivity index (χ3n) is 2.74. The van der Waals surface area contributed by atoms with Gasteiger partial charge >= 0.3 is 0 Å². The number of anilines is 2. The Hall–Kier alpha value is -1.92. The van der Waals surface area contributed by atoms with E-state index in [0.29, 0.717) is 18.8 Å². The Kier molecular flexibility index (Phi) is 5.71. The Morgan fingerprint density at radius 3 is 2.90 bits per heavy atom. The molecule has 0 unspecified atom stereocenters. The van der Waals surface area contributed by atoms with Crippen LogP contribution in [0.1, 0.15) is 10.5 Å². The van der Waals surface area contributed by atoms with Gasteiger partial charge in [-0.25, -0.2) is 0 Å². The number of hydrogen-bond donors (Lipinski definition) is 2. The maximum absolute atomic E-state index is 11.9. The van der Waals surface area contributed by atoms with Gasteiger partial charge in [0.15, 0.2) is 0 Å². The van der Waals surface area contributed by atoms with Gasteiger partial charge in [-0.15, -0.1) is 0 Å². The maximum atomic E-state index is 11.9. The zero-order valence-electron chi connectivity index (χ0n) is 11.6. The maximum Gasteiger partial charge on any atom is 0.270 e. The van der Waals surface area contributed by atoms with Crippen LogP contribution in [0.2, 0.25) is 0 Å². The number of hydrogen-bond acceptors (Lipinski definition) is 4. The van der Waals surface area contributed by atoms with E-state index in [-0.39, 0.29) is 5.91 Å². The number of carbonyl (C=O) groups excluding carboxylic acids is 1. The topological polar surface area (TPSA) is 63.2 Å². The molecule has 0 spiro atoms. The number of methoxy groups -OCH3 is 1. The van der Waals surface area contributed by atoms with Gasteiger partial charge in [-0.2, -0.15) is 0 Å². The van der Waals surface area contributed by atoms with E-state index in [1.54, 1.807) is 19.4 Å². The Morgan fingerprint density at radius 2 is 2.14 bits per heavy atom. The van der Waals surface area contributed by atoms with Crippen molar-refractivity contribution in [3.63, 3.8) is 0 Å². The van der Waals surface area contributed by atoms with Crippen LogP contribution in [0.5, 0.6) is 0 Å². The summed E-state index contributed by atoms with van der Waals surface area (Å²) in [6.45, 7) is 0.930. The quantitative estimate of drug-likeness (QED) is 0.787. The molecule has 2 rings (SSSR count). The fraction of sp³-hybridized carbons (Fsp3) is 0.200. The molecular weight excluding hydrogens is 334 g/mol. The van der Waals surface area contributed by atoms with Crippen LogP contribution < -0.4 is 10.6 Å². The smallest absolute Gasteiger partial charge is 0.270 e. The predicted octanol–water partition coefficient (Wildman–Crippen LogP) is 2.96. The average Bonchev–Trinajstić information content (AvgIpc) is 2.50. The zero-order chi connectivity index (χ0) is 15.1. The second kappa shape index (κ2) is 7.75. The van der Waals surface area contributed by atoms with Crippen LogP contribution in [0.15, 0.2) is 47.1 Å². The van der Waals surface area contributed by atoms with E-state index in [0.717, 1.165) is 15.8 Å². The summed E-state index contributed by atoms with van der Waals surface area (Å²) in [5.41, 5.74) is 2.09. The number of halogens is 1. The molecular formula is C15H16BrN3O2. The monoisotopic (exact) mass is 349 g/mol. The van der Waals surface area contributed by atoms with E-state index < -0.39 is 0 Å². The van der Waals surface area contributed by atoms with Crippen LogP contribution in [0.4, 0.5) is 11.4 Å². The summed E-state index contributed by atoms with van der Waals surface area (Å²) in [4.78, 5) is 16.0. The van der Waals surface area contributed by atoms with Gasteiger partial charge in [0.2, 0.25) is 0 Å². The van der Waals surface area contributed by atoms with Crippen LogP contribution in [-0.2, 0) is 4.74 Å². The minimum absolute atomic E-state index is 0.220. The zero-order valence-corrected chi connectivity index (χ0v) is 13.2. The lowest BCUT2D eigenvalue weighted by Gasteiger charge is -2.09. The van der Waals surface area contributed by atoms with Gasteiger partial charge in [-0.05, 0) is 40.2 Å². The Balaban J connectivity index is 2.07. The first-order chi connectivity index (χ1) is 10.2. The molecule has 21 heavy (non-hydrogen) atoms. The standard InChI is InChI=1S/C15H16BrN3O2/c1-21-9-8-18-15(20)14-10-11(6-7-17-14)19-13-5-3-2-4-12(13)16/h2-7,10H,8-9H2,1H3,(H,17,19)(H,18,20). The molecule has 0 atom stereocenters. The van der Waals surface area contributed by atoms with Gasteiger partial charge in [0.1, 0.15) is 5.69 Å². The highest BCUT2D eigenvalue weighted by Crippen LogP contribution is 2.25. The number of benzene rings is 1. The number of rotatable bonds is 6. The number of pyridine rings is 1. The molecule has 1 aromatic carbocycles. The molecule has 0 saturated carbocycles. The molecule has 2 aromatic rings. The predicted molar refractivity (Wildman–Crippen MR) is 85.9 cm³/mol. The molecule has 0 radical (unpaired) electrons. The number of para-hydroxylation sites is 1. The SMILES string of the molecule is COCCNC(=O)c1cc(Nc2ccccc2Br)ccn1. The summed E-state index contributed by atoms with van der Waals surface area (Å²) < 4.78 is 5.84.